The number of pyridine rings is 1. The number of aromatic hydroxyl groups is 1. The monoisotopic (exact) mass is 450 g/mol. The van der Waals surface area contributed by atoms with Gasteiger partial charge >= 0.3 is 0 Å². The number of thiazole rings is 1. The van der Waals surface area contributed by atoms with Crippen LogP contribution in [0.15, 0.2) is 48.2 Å². The largest absolute Gasteiger partial charge is 0.496 e. The van der Waals surface area contributed by atoms with Gasteiger partial charge in [-0.1, -0.05) is 12.1 Å². The number of rotatable bonds is 5. The molecule has 1 aromatic carbocycles. The van der Waals surface area contributed by atoms with Crippen molar-refractivity contribution in [1.29, 1.82) is 0 Å². The van der Waals surface area contributed by atoms with E-state index >= 15 is 0 Å². The number of aromatic nitrogens is 3. The number of fused-ring (bicyclic) bond motifs is 1. The molecule has 3 aromatic heterocycles. The molecule has 32 heavy (non-hydrogen) atoms. The second-order valence-electron chi connectivity index (χ2n) is 7.35. The minimum atomic E-state index is -0.328. The highest BCUT2D eigenvalue weighted by Crippen LogP contribution is 2.37. The molecule has 1 amide bonds. The van der Waals surface area contributed by atoms with Crippen LogP contribution in [0.2, 0.25) is 0 Å². The van der Waals surface area contributed by atoms with Crippen LogP contribution in [0.25, 0.3) is 15.9 Å². The number of piperazine rings is 1. The number of carbonyl (C=O) groups is 1. The van der Waals surface area contributed by atoms with Gasteiger partial charge in [-0.25, -0.2) is 4.98 Å². The highest BCUT2D eigenvalue weighted by Gasteiger charge is 2.20. The quantitative estimate of drug-likeness (QED) is 0.429. The standard InChI is InChI=1S/C22H22N6O3S/c1-31-18-4-2-3-14-12-28(21(30)19(14)18)22-26-16(13-32-22)20(29)25-15-11-24-6-5-17(15)27-9-7-23-8-10-27/h2-6,11-13,23,30H,7-10H2,1H3,(H,25,29). The van der Waals surface area contributed by atoms with Gasteiger partial charge in [-0.05, 0) is 12.1 Å². The molecule has 10 heteroatoms. The van der Waals surface area contributed by atoms with Crippen molar-refractivity contribution in [1.82, 2.24) is 19.9 Å². The first kappa shape index (κ1) is 20.3. The molecule has 0 spiro atoms. The summed E-state index contributed by atoms with van der Waals surface area (Å²) >= 11 is 1.27. The Labute approximate surface area is 188 Å². The molecule has 0 unspecified atom stereocenters. The molecule has 0 aliphatic carbocycles. The number of hydrogen-bond acceptors (Lipinski definition) is 8. The van der Waals surface area contributed by atoms with Gasteiger partial charge in [0.1, 0.15) is 11.4 Å². The van der Waals surface area contributed by atoms with Crippen molar-refractivity contribution in [3.8, 4) is 16.8 Å². The first-order chi connectivity index (χ1) is 15.7. The number of methoxy groups -OCH3 is 1. The van der Waals surface area contributed by atoms with Crippen LogP contribution in [-0.4, -0.2) is 58.8 Å². The number of ether oxygens (including phenoxy) is 1. The van der Waals surface area contributed by atoms with Gasteiger partial charge in [0.05, 0.1) is 30.1 Å². The third kappa shape index (κ3) is 3.63. The molecule has 0 atom stereocenters. The van der Waals surface area contributed by atoms with Crippen molar-refractivity contribution in [2.45, 2.75) is 0 Å². The summed E-state index contributed by atoms with van der Waals surface area (Å²) in [6.07, 6.45) is 5.15. The summed E-state index contributed by atoms with van der Waals surface area (Å²) in [5.41, 5.74) is 1.85. The van der Waals surface area contributed by atoms with Gasteiger partial charge in [-0.3, -0.25) is 14.3 Å². The van der Waals surface area contributed by atoms with E-state index in [-0.39, 0.29) is 17.5 Å². The van der Waals surface area contributed by atoms with Crippen molar-refractivity contribution in [2.24, 2.45) is 0 Å². The summed E-state index contributed by atoms with van der Waals surface area (Å²) in [6, 6.07) is 7.44. The van der Waals surface area contributed by atoms with Crippen molar-refractivity contribution in [2.75, 3.05) is 43.5 Å². The smallest absolute Gasteiger partial charge is 0.275 e. The number of nitrogens with zero attached hydrogens (tertiary/aromatic N) is 4. The maximum atomic E-state index is 12.9. The third-order valence-corrected chi connectivity index (χ3v) is 6.27. The van der Waals surface area contributed by atoms with E-state index in [9.17, 15) is 9.90 Å². The third-order valence-electron chi connectivity index (χ3n) is 5.43. The van der Waals surface area contributed by atoms with Crippen LogP contribution in [-0.2, 0) is 0 Å². The van der Waals surface area contributed by atoms with Crippen LogP contribution in [0.4, 0.5) is 11.4 Å². The molecular formula is C22H22N6O3S. The number of amides is 1. The molecule has 0 radical (unpaired) electrons. The SMILES string of the molecule is COc1cccc2cn(-c3nc(C(=O)Nc4cnccc4N4CCNCC4)cs3)c(O)c12. The molecule has 3 N–H and O–H groups in total. The number of anilines is 2. The number of carbonyl (C=O) groups excluding carboxylic acids is 1. The average molecular weight is 451 g/mol. The van der Waals surface area contributed by atoms with E-state index in [1.807, 2.05) is 18.2 Å². The molecule has 1 aliphatic rings. The Morgan fingerprint density at radius 2 is 2.12 bits per heavy atom. The lowest BCUT2D eigenvalue weighted by molar-refractivity contribution is 0.102. The van der Waals surface area contributed by atoms with Gasteiger partial charge < -0.3 is 25.4 Å². The Hall–Kier alpha value is -3.63. The van der Waals surface area contributed by atoms with Crippen molar-refractivity contribution in [3.05, 3.63) is 53.9 Å². The second kappa shape index (κ2) is 8.48. The Bertz CT molecular complexity index is 1280. The molecule has 4 aromatic rings. The van der Waals surface area contributed by atoms with E-state index < -0.39 is 0 Å². The Kier molecular flexibility index (Phi) is 5.38. The zero-order valence-electron chi connectivity index (χ0n) is 17.4. The van der Waals surface area contributed by atoms with Gasteiger partial charge in [-0.15, -0.1) is 11.3 Å². The van der Waals surface area contributed by atoms with Crippen LogP contribution < -0.4 is 20.3 Å². The van der Waals surface area contributed by atoms with E-state index in [1.54, 1.807) is 41.7 Å². The normalized spacial score (nSPS) is 14.0. The number of nitrogens with one attached hydrogen (secondary N) is 2. The fourth-order valence-electron chi connectivity index (χ4n) is 3.86. The summed E-state index contributed by atoms with van der Waals surface area (Å²) in [5, 5.41) is 20.6. The summed E-state index contributed by atoms with van der Waals surface area (Å²) in [4.78, 5) is 23.8. The second-order valence-corrected chi connectivity index (χ2v) is 8.18. The van der Waals surface area contributed by atoms with Crippen LogP contribution in [0, 0.1) is 0 Å². The number of benzene rings is 1. The predicted molar refractivity (Wildman–Crippen MR) is 124 cm³/mol. The first-order valence-corrected chi connectivity index (χ1v) is 11.1. The lowest BCUT2D eigenvalue weighted by Gasteiger charge is -2.30. The Morgan fingerprint density at radius 3 is 2.94 bits per heavy atom. The van der Waals surface area contributed by atoms with Gasteiger partial charge in [0.15, 0.2) is 5.13 Å². The Morgan fingerprint density at radius 1 is 1.28 bits per heavy atom. The fourth-order valence-corrected chi connectivity index (χ4v) is 4.64. The van der Waals surface area contributed by atoms with Crippen molar-refractivity contribution >= 4 is 39.4 Å². The molecular weight excluding hydrogens is 428 g/mol. The minimum absolute atomic E-state index is 0.0204. The van der Waals surface area contributed by atoms with Crippen LogP contribution >= 0.6 is 11.3 Å². The lowest BCUT2D eigenvalue weighted by atomic mass is 10.2. The molecule has 1 saturated heterocycles. The first-order valence-electron chi connectivity index (χ1n) is 10.2. The zero-order chi connectivity index (χ0) is 22.1. The summed E-state index contributed by atoms with van der Waals surface area (Å²) in [7, 11) is 1.56. The zero-order valence-corrected chi connectivity index (χ0v) is 18.2. The van der Waals surface area contributed by atoms with Gasteiger partial charge in [0.25, 0.3) is 5.91 Å². The van der Waals surface area contributed by atoms with E-state index in [2.05, 4.69) is 25.5 Å². The average Bonchev–Trinajstić information content (AvgIpc) is 3.45. The van der Waals surface area contributed by atoms with Gasteiger partial charge in [0.2, 0.25) is 5.88 Å². The number of hydrogen-bond donors (Lipinski definition) is 3. The van der Waals surface area contributed by atoms with Crippen LogP contribution in [0.1, 0.15) is 10.5 Å². The minimum Gasteiger partial charge on any atom is -0.496 e. The molecule has 1 fully saturated rings. The summed E-state index contributed by atoms with van der Waals surface area (Å²) < 4.78 is 6.92. The molecule has 4 heterocycles. The van der Waals surface area contributed by atoms with Crippen LogP contribution in [0.5, 0.6) is 11.6 Å². The molecule has 5 rings (SSSR count). The van der Waals surface area contributed by atoms with E-state index in [0.717, 1.165) is 37.3 Å². The van der Waals surface area contributed by atoms with Gasteiger partial charge in [-0.2, -0.15) is 0 Å². The molecule has 164 valence electrons. The lowest BCUT2D eigenvalue weighted by Crippen LogP contribution is -2.43. The molecule has 9 nitrogen and oxygen atoms in total. The predicted octanol–water partition coefficient (Wildman–Crippen LogP) is 2.86. The van der Waals surface area contributed by atoms with E-state index in [4.69, 9.17) is 4.74 Å². The van der Waals surface area contributed by atoms with Crippen molar-refractivity contribution < 1.29 is 14.6 Å². The van der Waals surface area contributed by atoms with E-state index in [0.29, 0.717) is 22.0 Å². The summed E-state index contributed by atoms with van der Waals surface area (Å²) in [5.74, 6) is 0.267. The van der Waals surface area contributed by atoms with Crippen molar-refractivity contribution in [3.63, 3.8) is 0 Å². The summed E-state index contributed by atoms with van der Waals surface area (Å²) in [6.45, 7) is 3.50. The molecule has 0 saturated carbocycles. The molecule has 1 aliphatic heterocycles. The Balaban J connectivity index is 1.41. The maximum absolute atomic E-state index is 12.9. The fraction of sp³-hybridized carbons (Fsp3) is 0.227. The maximum Gasteiger partial charge on any atom is 0.275 e. The highest BCUT2D eigenvalue weighted by molar-refractivity contribution is 7.12. The molecule has 0 bridgehead atoms. The van der Waals surface area contributed by atoms with Crippen LogP contribution in [0.3, 0.4) is 0 Å². The topological polar surface area (TPSA) is 105 Å². The highest BCUT2D eigenvalue weighted by atomic mass is 32.1. The van der Waals surface area contributed by atoms with E-state index in [1.165, 1.54) is 11.3 Å². The van der Waals surface area contributed by atoms with Gasteiger partial charge in [0, 0.05) is 49.3 Å².